The number of aryl methyl sites for hydroxylation is 1. The molecule has 0 spiro atoms. The van der Waals surface area contributed by atoms with Crippen LogP contribution in [0.4, 0.5) is 0 Å². The zero-order valence-corrected chi connectivity index (χ0v) is 14.0. The van der Waals surface area contributed by atoms with E-state index in [1.165, 1.54) is 38.9 Å². The van der Waals surface area contributed by atoms with Crippen molar-refractivity contribution in [3.05, 3.63) is 95.6 Å². The Morgan fingerprint density at radius 1 is 0.750 bits per heavy atom. The van der Waals surface area contributed by atoms with Crippen molar-refractivity contribution in [1.82, 2.24) is 4.57 Å². The lowest BCUT2D eigenvalue weighted by atomic mass is 9.74. The first-order chi connectivity index (χ1) is 11.7. The van der Waals surface area contributed by atoms with Gasteiger partial charge in [-0.1, -0.05) is 72.8 Å². The minimum atomic E-state index is -0.117. The zero-order valence-electron chi connectivity index (χ0n) is 14.0. The number of nitrogens with zero attached hydrogens (tertiary/aromatic N) is 1. The number of para-hydroxylation sites is 1. The highest BCUT2D eigenvalue weighted by molar-refractivity contribution is 5.98. The van der Waals surface area contributed by atoms with Crippen molar-refractivity contribution >= 4 is 10.9 Å². The maximum absolute atomic E-state index is 2.37. The summed E-state index contributed by atoms with van der Waals surface area (Å²) in [7, 11) is 2.19. The maximum Gasteiger partial charge on any atom is 0.0537 e. The van der Waals surface area contributed by atoms with E-state index in [2.05, 4.69) is 97.4 Å². The molecule has 1 nitrogen and oxygen atoms in total. The van der Waals surface area contributed by atoms with Crippen LogP contribution < -0.4 is 0 Å². The molecule has 24 heavy (non-hydrogen) atoms. The van der Waals surface area contributed by atoms with Gasteiger partial charge < -0.3 is 4.57 Å². The molecule has 0 bridgehead atoms. The van der Waals surface area contributed by atoms with Gasteiger partial charge in [0.15, 0.2) is 0 Å². The summed E-state index contributed by atoms with van der Waals surface area (Å²) >= 11 is 0. The smallest absolute Gasteiger partial charge is 0.0537 e. The van der Waals surface area contributed by atoms with E-state index in [4.69, 9.17) is 0 Å². The molecule has 1 heteroatoms. The first-order valence-electron chi connectivity index (χ1n) is 8.46. The molecule has 1 aromatic heterocycles. The van der Waals surface area contributed by atoms with Crippen molar-refractivity contribution in [2.45, 2.75) is 12.3 Å². The summed E-state index contributed by atoms with van der Waals surface area (Å²) in [6, 6.07) is 28.5. The third-order valence-corrected chi connectivity index (χ3v) is 5.68. The fourth-order valence-electron chi connectivity index (χ4n) is 4.55. The molecular formula is C23H19N. The number of hydrogen-bond donors (Lipinski definition) is 0. The molecule has 0 N–H and O–H groups in total. The molecule has 0 saturated heterocycles. The Morgan fingerprint density at radius 2 is 1.42 bits per heavy atom. The molecule has 1 atom stereocenters. The van der Waals surface area contributed by atoms with E-state index in [1.807, 2.05) is 0 Å². The van der Waals surface area contributed by atoms with Gasteiger partial charge in [0.25, 0.3) is 0 Å². The molecule has 0 aliphatic heterocycles. The molecule has 1 heterocycles. The van der Waals surface area contributed by atoms with Crippen molar-refractivity contribution < 1.29 is 0 Å². The third kappa shape index (κ3) is 1.50. The van der Waals surface area contributed by atoms with Crippen molar-refractivity contribution in [3.63, 3.8) is 0 Å². The molecular weight excluding hydrogens is 290 g/mol. The SMILES string of the molecule is Cn1c2c(c3ccccc31)C(C)(c1ccccc1)c1ccccc1-2. The Morgan fingerprint density at radius 3 is 2.25 bits per heavy atom. The molecule has 4 aromatic rings. The van der Waals surface area contributed by atoms with Gasteiger partial charge in [-0.2, -0.15) is 0 Å². The number of fused-ring (bicyclic) bond motifs is 5. The molecule has 1 aliphatic rings. The number of rotatable bonds is 1. The molecule has 0 saturated carbocycles. The Kier molecular flexibility index (Phi) is 2.62. The zero-order chi connectivity index (χ0) is 16.3. The van der Waals surface area contributed by atoms with Gasteiger partial charge in [0.2, 0.25) is 0 Å². The average Bonchev–Trinajstić information content (AvgIpc) is 3.09. The molecule has 0 amide bonds. The number of hydrogen-bond acceptors (Lipinski definition) is 0. The van der Waals surface area contributed by atoms with Crippen molar-refractivity contribution in [2.24, 2.45) is 7.05 Å². The van der Waals surface area contributed by atoms with Crippen LogP contribution in [0.15, 0.2) is 78.9 Å². The first kappa shape index (κ1) is 13.6. The maximum atomic E-state index is 2.37. The largest absolute Gasteiger partial charge is 0.343 e. The predicted octanol–water partition coefficient (Wildman–Crippen LogP) is 5.51. The van der Waals surface area contributed by atoms with Gasteiger partial charge in [0, 0.05) is 34.5 Å². The van der Waals surface area contributed by atoms with Gasteiger partial charge in [0.05, 0.1) is 5.69 Å². The minimum absolute atomic E-state index is 0.117. The molecule has 1 unspecified atom stereocenters. The summed E-state index contributed by atoms with van der Waals surface area (Å²) in [5, 5.41) is 1.36. The number of benzene rings is 3. The van der Waals surface area contributed by atoms with Gasteiger partial charge in [-0.15, -0.1) is 0 Å². The van der Waals surface area contributed by atoms with Gasteiger partial charge >= 0.3 is 0 Å². The van der Waals surface area contributed by atoms with E-state index < -0.39 is 0 Å². The number of aromatic nitrogens is 1. The lowest BCUT2D eigenvalue weighted by Crippen LogP contribution is -2.22. The van der Waals surface area contributed by atoms with Crippen LogP contribution in [0.25, 0.3) is 22.2 Å². The Labute approximate surface area is 142 Å². The fourth-order valence-corrected chi connectivity index (χ4v) is 4.55. The van der Waals surface area contributed by atoms with E-state index in [1.54, 1.807) is 0 Å². The molecule has 1 aliphatic carbocycles. The summed E-state index contributed by atoms with van der Waals surface area (Å²) < 4.78 is 2.36. The standard InChI is InChI=1S/C23H19N/c1-23(16-10-4-3-5-11-16)19-14-8-6-12-17(19)22-21(23)18-13-7-9-15-20(18)24(22)2/h3-15H,1-2H3. The fraction of sp³-hybridized carbons (Fsp3) is 0.130. The highest BCUT2D eigenvalue weighted by atomic mass is 15.0. The van der Waals surface area contributed by atoms with Crippen LogP contribution in [0, 0.1) is 0 Å². The van der Waals surface area contributed by atoms with Crippen LogP contribution in [-0.2, 0) is 12.5 Å². The van der Waals surface area contributed by atoms with E-state index in [9.17, 15) is 0 Å². The van der Waals surface area contributed by atoms with Gasteiger partial charge in [0.1, 0.15) is 0 Å². The van der Waals surface area contributed by atoms with E-state index in [0.717, 1.165) is 0 Å². The summed E-state index contributed by atoms with van der Waals surface area (Å²) in [4.78, 5) is 0. The highest BCUT2D eigenvalue weighted by Gasteiger charge is 2.43. The predicted molar refractivity (Wildman–Crippen MR) is 100 cm³/mol. The normalized spacial score (nSPS) is 18.6. The second kappa shape index (κ2) is 4.61. The Bertz CT molecular complexity index is 1070. The van der Waals surface area contributed by atoms with Crippen LogP contribution in [0.1, 0.15) is 23.6 Å². The molecule has 116 valence electrons. The third-order valence-electron chi connectivity index (χ3n) is 5.68. The monoisotopic (exact) mass is 309 g/mol. The lowest BCUT2D eigenvalue weighted by Gasteiger charge is -2.28. The van der Waals surface area contributed by atoms with Crippen LogP contribution >= 0.6 is 0 Å². The van der Waals surface area contributed by atoms with Crippen LogP contribution in [-0.4, -0.2) is 4.57 Å². The highest BCUT2D eigenvalue weighted by Crippen LogP contribution is 2.55. The van der Waals surface area contributed by atoms with E-state index in [0.29, 0.717) is 0 Å². The van der Waals surface area contributed by atoms with Crippen molar-refractivity contribution in [1.29, 1.82) is 0 Å². The Balaban J connectivity index is 2.00. The van der Waals surface area contributed by atoms with E-state index in [-0.39, 0.29) is 5.41 Å². The lowest BCUT2D eigenvalue weighted by molar-refractivity contribution is 0.719. The summed E-state index contributed by atoms with van der Waals surface area (Å²) in [5.74, 6) is 0. The molecule has 0 fully saturated rings. The van der Waals surface area contributed by atoms with Crippen LogP contribution in [0.2, 0.25) is 0 Å². The minimum Gasteiger partial charge on any atom is -0.343 e. The van der Waals surface area contributed by atoms with E-state index >= 15 is 0 Å². The Hall–Kier alpha value is -2.80. The quantitative estimate of drug-likeness (QED) is 0.437. The second-order valence-electron chi connectivity index (χ2n) is 6.84. The van der Waals surface area contributed by atoms with Crippen LogP contribution in [0.3, 0.4) is 0 Å². The van der Waals surface area contributed by atoms with Gasteiger partial charge in [-0.25, -0.2) is 0 Å². The van der Waals surface area contributed by atoms with Crippen molar-refractivity contribution in [2.75, 3.05) is 0 Å². The van der Waals surface area contributed by atoms with Crippen LogP contribution in [0.5, 0.6) is 0 Å². The summed E-state index contributed by atoms with van der Waals surface area (Å²) in [6.45, 7) is 2.37. The molecule has 5 rings (SSSR count). The summed E-state index contributed by atoms with van der Waals surface area (Å²) in [6.07, 6.45) is 0. The first-order valence-corrected chi connectivity index (χ1v) is 8.46. The average molecular weight is 309 g/mol. The molecule has 3 aromatic carbocycles. The van der Waals surface area contributed by atoms with Gasteiger partial charge in [-0.3, -0.25) is 0 Å². The van der Waals surface area contributed by atoms with Crippen molar-refractivity contribution in [3.8, 4) is 11.3 Å². The van der Waals surface area contributed by atoms with Gasteiger partial charge in [-0.05, 0) is 24.1 Å². The topological polar surface area (TPSA) is 4.93 Å². The molecule has 0 radical (unpaired) electrons. The second-order valence-corrected chi connectivity index (χ2v) is 6.84. The summed E-state index contributed by atoms with van der Waals surface area (Å²) in [5.41, 5.74) is 8.10.